The number of esters is 2. The lowest BCUT2D eigenvalue weighted by molar-refractivity contribution is -0.385. The molecule has 0 fully saturated rings. The third-order valence-corrected chi connectivity index (χ3v) is 3.33. The van der Waals surface area contributed by atoms with Crippen molar-refractivity contribution in [2.24, 2.45) is 0 Å². The van der Waals surface area contributed by atoms with Crippen molar-refractivity contribution in [2.75, 3.05) is 13.7 Å². The van der Waals surface area contributed by atoms with E-state index in [1.165, 1.54) is 42.5 Å². The molecule has 0 amide bonds. The lowest BCUT2D eigenvalue weighted by atomic mass is 10.1. The first-order valence-corrected chi connectivity index (χ1v) is 7.81. The van der Waals surface area contributed by atoms with Gasteiger partial charge >= 0.3 is 17.6 Å². The summed E-state index contributed by atoms with van der Waals surface area (Å²) in [5, 5.41) is 19.9. The van der Waals surface area contributed by atoms with Gasteiger partial charge in [0.05, 0.1) is 12.0 Å². The van der Waals surface area contributed by atoms with E-state index in [2.05, 4.69) is 4.74 Å². The fourth-order valence-electron chi connectivity index (χ4n) is 2.11. The summed E-state index contributed by atoms with van der Waals surface area (Å²) in [7, 11) is 1.16. The van der Waals surface area contributed by atoms with Crippen LogP contribution in [0.4, 0.5) is 5.69 Å². The van der Waals surface area contributed by atoms with Crippen LogP contribution >= 0.6 is 0 Å². The van der Waals surface area contributed by atoms with Crippen LogP contribution in [0.1, 0.15) is 5.56 Å². The van der Waals surface area contributed by atoms with Crippen molar-refractivity contribution in [1.29, 1.82) is 5.26 Å². The molecule has 0 saturated heterocycles. The van der Waals surface area contributed by atoms with Crippen molar-refractivity contribution < 1.29 is 28.7 Å². The minimum Gasteiger partial charge on any atom is -0.475 e. The molecule has 9 heteroatoms. The van der Waals surface area contributed by atoms with Crippen molar-refractivity contribution in [2.45, 2.75) is 0 Å². The molecule has 2 aromatic carbocycles. The molecule has 0 radical (unpaired) electrons. The molecule has 0 aromatic heterocycles. The molecule has 0 aliphatic heterocycles. The molecule has 142 valence electrons. The largest absolute Gasteiger partial charge is 0.475 e. The maximum atomic E-state index is 12.0. The van der Waals surface area contributed by atoms with E-state index < -0.39 is 23.5 Å². The number of rotatable bonds is 7. The molecular weight excluding hydrogens is 368 g/mol. The lowest BCUT2D eigenvalue weighted by Gasteiger charge is -2.07. The summed E-state index contributed by atoms with van der Waals surface area (Å²) >= 11 is 0. The summed E-state index contributed by atoms with van der Waals surface area (Å²) in [4.78, 5) is 33.7. The molecule has 0 N–H and O–H groups in total. The summed E-state index contributed by atoms with van der Waals surface area (Å²) in [5.74, 6) is -1.49. The molecule has 0 saturated carbocycles. The van der Waals surface area contributed by atoms with Crippen molar-refractivity contribution >= 4 is 23.7 Å². The van der Waals surface area contributed by atoms with Gasteiger partial charge in [0.1, 0.15) is 17.4 Å². The van der Waals surface area contributed by atoms with Crippen LogP contribution in [0, 0.1) is 21.4 Å². The number of nitriles is 1. The monoisotopic (exact) mass is 382 g/mol. The fourth-order valence-corrected chi connectivity index (χ4v) is 2.11. The van der Waals surface area contributed by atoms with Crippen LogP contribution in [-0.4, -0.2) is 30.6 Å². The Morgan fingerprint density at radius 2 is 1.96 bits per heavy atom. The molecule has 0 unspecified atom stereocenters. The maximum Gasteiger partial charge on any atom is 0.349 e. The standard InChI is InChI=1S/C19H14N2O7/c1-26-19(23)14(11-20)9-13-5-4-6-15(10-13)28-18(22)12-27-17-8-3-2-7-16(17)21(24)25/h2-10H,12H2,1H3/b14-9+. The highest BCUT2D eigenvalue weighted by Gasteiger charge is 2.16. The summed E-state index contributed by atoms with van der Waals surface area (Å²) in [6, 6.07) is 13.4. The van der Waals surface area contributed by atoms with Crippen molar-refractivity contribution in [3.63, 3.8) is 0 Å². The van der Waals surface area contributed by atoms with E-state index >= 15 is 0 Å². The maximum absolute atomic E-state index is 12.0. The summed E-state index contributed by atoms with van der Waals surface area (Å²) < 4.78 is 14.8. The van der Waals surface area contributed by atoms with Crippen LogP contribution in [0.2, 0.25) is 0 Å². The number of nitro groups is 1. The second-order valence-electron chi connectivity index (χ2n) is 5.22. The number of methoxy groups -OCH3 is 1. The molecule has 0 aliphatic carbocycles. The van der Waals surface area contributed by atoms with E-state index in [1.54, 1.807) is 18.2 Å². The van der Waals surface area contributed by atoms with Crippen LogP contribution in [0.25, 0.3) is 6.08 Å². The Balaban J connectivity index is 2.05. The van der Waals surface area contributed by atoms with E-state index in [0.717, 1.165) is 7.11 Å². The fraction of sp³-hybridized carbons (Fsp3) is 0.105. The van der Waals surface area contributed by atoms with Crippen molar-refractivity contribution in [3.8, 4) is 17.6 Å². The van der Waals surface area contributed by atoms with Gasteiger partial charge in [-0.05, 0) is 29.8 Å². The quantitative estimate of drug-likeness (QED) is 0.178. The highest BCUT2D eigenvalue weighted by molar-refractivity contribution is 5.97. The highest BCUT2D eigenvalue weighted by atomic mass is 16.6. The Hall–Kier alpha value is -4.19. The number of carbonyl (C=O) groups is 2. The van der Waals surface area contributed by atoms with Gasteiger partial charge in [0.15, 0.2) is 12.4 Å². The van der Waals surface area contributed by atoms with Crippen LogP contribution in [0.5, 0.6) is 11.5 Å². The molecular formula is C19H14N2O7. The molecule has 28 heavy (non-hydrogen) atoms. The Labute approximate surface area is 159 Å². The minimum atomic E-state index is -0.789. The molecule has 2 aromatic rings. The van der Waals surface area contributed by atoms with Gasteiger partial charge < -0.3 is 14.2 Å². The zero-order valence-electron chi connectivity index (χ0n) is 14.7. The van der Waals surface area contributed by atoms with E-state index in [4.69, 9.17) is 14.7 Å². The van der Waals surface area contributed by atoms with Crippen LogP contribution in [0.3, 0.4) is 0 Å². The van der Waals surface area contributed by atoms with Gasteiger partial charge in [-0.3, -0.25) is 10.1 Å². The van der Waals surface area contributed by atoms with Gasteiger partial charge in [0.25, 0.3) is 0 Å². The summed E-state index contributed by atoms with van der Waals surface area (Å²) in [6.45, 7) is -0.545. The number of ether oxygens (including phenoxy) is 3. The second kappa shape index (κ2) is 9.49. The third-order valence-electron chi connectivity index (χ3n) is 3.33. The van der Waals surface area contributed by atoms with Gasteiger partial charge in [0.2, 0.25) is 0 Å². The van der Waals surface area contributed by atoms with Gasteiger partial charge in [-0.2, -0.15) is 5.26 Å². The van der Waals surface area contributed by atoms with E-state index in [0.29, 0.717) is 5.56 Å². The van der Waals surface area contributed by atoms with Crippen LogP contribution < -0.4 is 9.47 Å². The SMILES string of the molecule is COC(=O)/C(C#N)=C/c1cccc(OC(=O)COc2ccccc2[N+](=O)[O-])c1. The molecule has 0 aliphatic rings. The van der Waals surface area contributed by atoms with Gasteiger partial charge in [0, 0.05) is 6.07 Å². The topological polar surface area (TPSA) is 129 Å². The number of nitro benzene ring substituents is 1. The molecule has 0 heterocycles. The van der Waals surface area contributed by atoms with Gasteiger partial charge in [-0.25, -0.2) is 9.59 Å². The number of para-hydroxylation sites is 2. The Morgan fingerprint density at radius 1 is 1.21 bits per heavy atom. The molecule has 0 spiro atoms. The molecule has 2 rings (SSSR count). The van der Waals surface area contributed by atoms with Gasteiger partial charge in [-0.1, -0.05) is 24.3 Å². The van der Waals surface area contributed by atoms with Crippen molar-refractivity contribution in [3.05, 3.63) is 69.8 Å². The van der Waals surface area contributed by atoms with Crippen LogP contribution in [-0.2, 0) is 14.3 Å². The normalized spacial score (nSPS) is 10.5. The number of hydrogen-bond acceptors (Lipinski definition) is 8. The highest BCUT2D eigenvalue weighted by Crippen LogP contribution is 2.25. The Morgan fingerprint density at radius 3 is 2.64 bits per heavy atom. The Bertz CT molecular complexity index is 976. The first kappa shape index (κ1) is 20.1. The number of benzene rings is 2. The predicted molar refractivity (Wildman–Crippen MR) is 96.3 cm³/mol. The Kier molecular flexibility index (Phi) is 6.82. The number of hydrogen-bond donors (Lipinski definition) is 0. The van der Waals surface area contributed by atoms with E-state index in [1.807, 2.05) is 0 Å². The van der Waals surface area contributed by atoms with Crippen molar-refractivity contribution in [1.82, 2.24) is 0 Å². The predicted octanol–water partition coefficient (Wildman–Crippen LogP) is 2.66. The molecule has 0 atom stereocenters. The number of nitrogens with zero attached hydrogens (tertiary/aromatic N) is 2. The summed E-state index contributed by atoms with van der Waals surface area (Å²) in [6.07, 6.45) is 1.28. The lowest BCUT2D eigenvalue weighted by Crippen LogP contribution is -2.18. The zero-order valence-corrected chi connectivity index (χ0v) is 14.7. The number of carbonyl (C=O) groups excluding carboxylic acids is 2. The molecule has 9 nitrogen and oxygen atoms in total. The van der Waals surface area contributed by atoms with E-state index in [9.17, 15) is 19.7 Å². The smallest absolute Gasteiger partial charge is 0.349 e. The van der Waals surface area contributed by atoms with E-state index in [-0.39, 0.29) is 22.8 Å². The summed E-state index contributed by atoms with van der Waals surface area (Å²) in [5.41, 5.74) is -0.0492. The zero-order chi connectivity index (χ0) is 20.5. The first-order valence-electron chi connectivity index (χ1n) is 7.81. The third kappa shape index (κ3) is 5.40. The average Bonchev–Trinajstić information content (AvgIpc) is 2.70. The second-order valence-corrected chi connectivity index (χ2v) is 5.22. The first-order chi connectivity index (χ1) is 13.4. The van der Waals surface area contributed by atoms with Gasteiger partial charge in [-0.15, -0.1) is 0 Å². The van der Waals surface area contributed by atoms with Crippen LogP contribution in [0.15, 0.2) is 54.1 Å². The average molecular weight is 382 g/mol. The minimum absolute atomic E-state index is 0.0575. The molecule has 0 bridgehead atoms.